The molecule has 3 atom stereocenters. The minimum atomic E-state index is -3.46. The summed E-state index contributed by atoms with van der Waals surface area (Å²) >= 11 is 0. The van der Waals surface area contributed by atoms with Crippen LogP contribution in [0.5, 0.6) is 0 Å². The number of nitrogens with one attached hydrogen (secondary N) is 1. The molecule has 0 aromatic heterocycles. The van der Waals surface area contributed by atoms with Gasteiger partial charge in [-0.1, -0.05) is 0 Å². The molecule has 2 aliphatic heterocycles. The van der Waals surface area contributed by atoms with Gasteiger partial charge in [-0.15, -0.1) is 0 Å². The van der Waals surface area contributed by atoms with Crippen molar-refractivity contribution < 1.29 is 13.2 Å². The topological polar surface area (TPSA) is 66.5 Å². The molecule has 6 heteroatoms. The molecule has 2 fully saturated rings. The highest BCUT2D eigenvalue weighted by molar-refractivity contribution is 7.94. The Kier molecular flexibility index (Phi) is 2.78. The zero-order valence-corrected chi connectivity index (χ0v) is 11.5. The van der Waals surface area contributed by atoms with Crippen LogP contribution in [0.2, 0.25) is 0 Å². The Morgan fingerprint density at radius 2 is 1.88 bits per heavy atom. The lowest BCUT2D eigenvalue weighted by atomic mass is 9.94. The van der Waals surface area contributed by atoms with E-state index in [9.17, 15) is 13.2 Å². The SMILES string of the molecule is CC1CCC(N2C(=O)C(C)(C)S2(=O)=O)C(C)N1. The van der Waals surface area contributed by atoms with Crippen molar-refractivity contribution in [3.8, 4) is 0 Å². The van der Waals surface area contributed by atoms with Crippen molar-refractivity contribution in [2.24, 2.45) is 0 Å². The van der Waals surface area contributed by atoms with E-state index in [1.54, 1.807) is 0 Å². The number of piperidine rings is 1. The number of rotatable bonds is 1. The van der Waals surface area contributed by atoms with Gasteiger partial charge in [-0.25, -0.2) is 12.7 Å². The Balaban J connectivity index is 2.23. The summed E-state index contributed by atoms with van der Waals surface area (Å²) in [5.41, 5.74) is 0. The molecule has 1 N–H and O–H groups in total. The van der Waals surface area contributed by atoms with Crippen LogP contribution in [0.25, 0.3) is 0 Å². The molecule has 2 heterocycles. The van der Waals surface area contributed by atoms with Crippen molar-refractivity contribution in [3.63, 3.8) is 0 Å². The summed E-state index contributed by atoms with van der Waals surface area (Å²) in [5, 5.41) is 3.31. The van der Waals surface area contributed by atoms with Crippen LogP contribution in [0.3, 0.4) is 0 Å². The van der Waals surface area contributed by atoms with E-state index >= 15 is 0 Å². The molecule has 1 amide bonds. The molecule has 2 aliphatic rings. The molecule has 0 bridgehead atoms. The third-order valence-electron chi connectivity index (χ3n) is 3.94. The van der Waals surface area contributed by atoms with Gasteiger partial charge in [-0.3, -0.25) is 4.79 Å². The Bertz CT molecular complexity index is 444. The largest absolute Gasteiger partial charge is 0.310 e. The zero-order valence-electron chi connectivity index (χ0n) is 10.7. The molecular weight excluding hydrogens is 240 g/mol. The van der Waals surface area contributed by atoms with Gasteiger partial charge in [0, 0.05) is 12.1 Å². The molecule has 0 aliphatic carbocycles. The number of carbonyl (C=O) groups is 1. The normalized spacial score (nSPS) is 39.9. The average Bonchev–Trinajstić information content (AvgIpc) is 2.21. The lowest BCUT2D eigenvalue weighted by Gasteiger charge is -2.50. The van der Waals surface area contributed by atoms with E-state index in [1.807, 2.05) is 6.92 Å². The van der Waals surface area contributed by atoms with Crippen LogP contribution >= 0.6 is 0 Å². The highest BCUT2D eigenvalue weighted by Crippen LogP contribution is 2.39. The summed E-state index contributed by atoms with van der Waals surface area (Å²) in [5.74, 6) is -0.272. The first-order valence-electron chi connectivity index (χ1n) is 6.04. The number of carbonyl (C=O) groups excluding carboxylic acids is 1. The molecule has 5 nitrogen and oxygen atoms in total. The van der Waals surface area contributed by atoms with E-state index in [0.717, 1.165) is 17.1 Å². The molecule has 0 radical (unpaired) electrons. The molecule has 17 heavy (non-hydrogen) atoms. The van der Waals surface area contributed by atoms with Crippen LogP contribution < -0.4 is 5.32 Å². The zero-order chi connectivity index (χ0) is 13.0. The van der Waals surface area contributed by atoms with Crippen molar-refractivity contribution in [1.82, 2.24) is 9.62 Å². The van der Waals surface area contributed by atoms with Crippen LogP contribution in [0.1, 0.15) is 40.5 Å². The second-order valence-corrected chi connectivity index (χ2v) is 7.98. The Labute approximate surface area is 103 Å². The molecule has 0 aromatic carbocycles. The fraction of sp³-hybridized carbons (Fsp3) is 0.909. The number of sulfonamides is 1. The fourth-order valence-corrected chi connectivity index (χ4v) is 4.42. The smallest absolute Gasteiger partial charge is 0.259 e. The molecule has 0 spiro atoms. The fourth-order valence-electron chi connectivity index (χ4n) is 2.65. The predicted molar refractivity (Wildman–Crippen MR) is 64.9 cm³/mol. The summed E-state index contributed by atoms with van der Waals surface area (Å²) in [6, 6.07) is 0.179. The highest BCUT2D eigenvalue weighted by Gasteiger charge is 2.62. The predicted octanol–water partition coefficient (Wildman–Crippen LogP) is 0.466. The van der Waals surface area contributed by atoms with Crippen LogP contribution in [0.4, 0.5) is 0 Å². The highest BCUT2D eigenvalue weighted by atomic mass is 32.2. The molecule has 98 valence electrons. The number of hydrogen-bond acceptors (Lipinski definition) is 4. The maximum Gasteiger partial charge on any atom is 0.259 e. The molecule has 3 unspecified atom stereocenters. The minimum Gasteiger partial charge on any atom is -0.310 e. The summed E-state index contributed by atoms with van der Waals surface area (Å²) in [6.07, 6.45) is 1.64. The van der Waals surface area contributed by atoms with Gasteiger partial charge in [0.15, 0.2) is 4.75 Å². The number of nitrogens with zero attached hydrogens (tertiary/aromatic N) is 1. The van der Waals surface area contributed by atoms with Crippen molar-refractivity contribution in [2.45, 2.75) is 63.4 Å². The quantitative estimate of drug-likeness (QED) is 0.744. The lowest BCUT2D eigenvalue weighted by molar-refractivity contribution is -0.135. The van der Waals surface area contributed by atoms with E-state index in [0.29, 0.717) is 6.04 Å². The van der Waals surface area contributed by atoms with Crippen molar-refractivity contribution in [3.05, 3.63) is 0 Å². The van der Waals surface area contributed by atoms with E-state index in [4.69, 9.17) is 0 Å². The summed E-state index contributed by atoms with van der Waals surface area (Å²) in [7, 11) is -3.46. The van der Waals surface area contributed by atoms with Gasteiger partial charge >= 0.3 is 0 Å². The van der Waals surface area contributed by atoms with Gasteiger partial charge in [0.2, 0.25) is 0 Å². The molecule has 2 saturated heterocycles. The van der Waals surface area contributed by atoms with E-state index < -0.39 is 14.8 Å². The van der Waals surface area contributed by atoms with Gasteiger partial charge < -0.3 is 5.32 Å². The molecule has 2 rings (SSSR count). The lowest BCUT2D eigenvalue weighted by Crippen LogP contribution is -2.73. The third-order valence-corrected chi connectivity index (χ3v) is 6.36. The number of amides is 1. The molecular formula is C11H20N2O3S. The summed E-state index contributed by atoms with van der Waals surface area (Å²) in [4.78, 5) is 11.9. The van der Waals surface area contributed by atoms with Crippen molar-refractivity contribution in [1.29, 1.82) is 0 Å². The van der Waals surface area contributed by atoms with Crippen LogP contribution in [0, 0.1) is 0 Å². The molecule has 0 aromatic rings. The van der Waals surface area contributed by atoms with Crippen molar-refractivity contribution >= 4 is 15.9 Å². The van der Waals surface area contributed by atoms with Gasteiger partial charge in [-0.05, 0) is 40.5 Å². The van der Waals surface area contributed by atoms with Crippen LogP contribution in [-0.2, 0) is 14.8 Å². The maximum absolute atomic E-state index is 12.1. The van der Waals surface area contributed by atoms with E-state index in [2.05, 4.69) is 12.2 Å². The van der Waals surface area contributed by atoms with Gasteiger partial charge in [0.1, 0.15) is 0 Å². The standard InChI is InChI=1S/C11H20N2O3S/c1-7-5-6-9(8(2)12-7)13-10(14)11(3,4)17(13,15)16/h7-9,12H,5-6H2,1-4H3. The molecule has 0 saturated carbocycles. The Hall–Kier alpha value is -0.620. The second kappa shape index (κ2) is 3.68. The maximum atomic E-state index is 12.1. The third kappa shape index (κ3) is 1.61. The van der Waals surface area contributed by atoms with Gasteiger partial charge in [0.25, 0.3) is 15.9 Å². The first-order valence-corrected chi connectivity index (χ1v) is 7.48. The van der Waals surface area contributed by atoms with Crippen molar-refractivity contribution in [2.75, 3.05) is 0 Å². The minimum absolute atomic E-state index is 0.0218. The van der Waals surface area contributed by atoms with Crippen LogP contribution in [-0.4, -0.2) is 41.5 Å². The second-order valence-electron chi connectivity index (χ2n) is 5.62. The first kappa shape index (κ1) is 12.8. The average molecular weight is 260 g/mol. The Morgan fingerprint density at radius 1 is 1.29 bits per heavy atom. The monoisotopic (exact) mass is 260 g/mol. The first-order chi connectivity index (χ1) is 7.69. The van der Waals surface area contributed by atoms with E-state index in [1.165, 1.54) is 13.8 Å². The van der Waals surface area contributed by atoms with E-state index in [-0.39, 0.29) is 18.0 Å². The van der Waals surface area contributed by atoms with Gasteiger partial charge in [0.05, 0.1) is 6.04 Å². The Morgan fingerprint density at radius 3 is 2.35 bits per heavy atom. The summed E-state index contributed by atoms with van der Waals surface area (Å²) < 4.78 is 24.0. The summed E-state index contributed by atoms with van der Waals surface area (Å²) in [6.45, 7) is 6.97. The van der Waals surface area contributed by atoms with Crippen LogP contribution in [0.15, 0.2) is 0 Å². The van der Waals surface area contributed by atoms with Gasteiger partial charge in [-0.2, -0.15) is 0 Å². The number of hydrogen-bond donors (Lipinski definition) is 1.